The van der Waals surface area contributed by atoms with Gasteiger partial charge in [-0.1, -0.05) is 18.2 Å². The summed E-state index contributed by atoms with van der Waals surface area (Å²) in [6, 6.07) is 14.1. The fourth-order valence-corrected chi connectivity index (χ4v) is 3.25. The minimum absolute atomic E-state index is 0.173. The second kappa shape index (κ2) is 9.82. The van der Waals surface area contributed by atoms with Gasteiger partial charge in [-0.25, -0.2) is 4.79 Å². The fraction of sp³-hybridized carbons (Fsp3) is 0.364. The summed E-state index contributed by atoms with van der Waals surface area (Å²) in [5, 5.41) is 2.97. The van der Waals surface area contributed by atoms with Crippen LogP contribution in [-0.2, 0) is 0 Å². The summed E-state index contributed by atoms with van der Waals surface area (Å²) in [6.07, 6.45) is 1.29. The van der Waals surface area contributed by atoms with Gasteiger partial charge in [-0.3, -0.25) is 4.79 Å². The molecule has 1 saturated heterocycles. The van der Waals surface area contributed by atoms with Gasteiger partial charge in [-0.2, -0.15) is 0 Å². The molecule has 1 N–H and O–H groups in total. The Balaban J connectivity index is 1.46. The van der Waals surface area contributed by atoms with E-state index in [1.807, 2.05) is 18.2 Å². The van der Waals surface area contributed by atoms with E-state index in [1.165, 1.54) is 0 Å². The van der Waals surface area contributed by atoms with Gasteiger partial charge in [0.2, 0.25) is 0 Å². The number of ether oxygens (including phenoxy) is 3. The largest absolute Gasteiger partial charge is 0.497 e. The molecule has 1 fully saturated rings. The average molecular weight is 398 g/mol. The van der Waals surface area contributed by atoms with E-state index in [0.717, 1.165) is 12.8 Å². The quantitative estimate of drug-likeness (QED) is 0.808. The van der Waals surface area contributed by atoms with E-state index < -0.39 is 0 Å². The number of rotatable bonds is 6. The van der Waals surface area contributed by atoms with Crippen molar-refractivity contribution < 1.29 is 23.8 Å². The molecule has 0 bridgehead atoms. The SMILES string of the molecule is COc1cc(OC)cc(C(=O)NCC2CCN(C(=O)Oc3ccccc3)CC2)c1. The summed E-state index contributed by atoms with van der Waals surface area (Å²) in [7, 11) is 3.10. The standard InChI is InChI=1S/C22H26N2O5/c1-27-19-12-17(13-20(14-19)28-2)21(25)23-15-16-8-10-24(11-9-16)22(26)29-18-6-4-3-5-7-18/h3-7,12-14,16H,8-11,15H2,1-2H3,(H,23,25). The zero-order valence-electron chi connectivity index (χ0n) is 16.7. The summed E-state index contributed by atoms with van der Waals surface area (Å²) in [4.78, 5) is 26.5. The number of hydrogen-bond acceptors (Lipinski definition) is 5. The predicted octanol–water partition coefficient (Wildman–Crippen LogP) is 3.34. The highest BCUT2D eigenvalue weighted by Crippen LogP contribution is 2.23. The Morgan fingerprint density at radius 1 is 0.966 bits per heavy atom. The summed E-state index contributed by atoms with van der Waals surface area (Å²) in [6.45, 7) is 1.78. The molecule has 2 aromatic carbocycles. The molecule has 7 nitrogen and oxygen atoms in total. The molecule has 154 valence electrons. The first-order valence-electron chi connectivity index (χ1n) is 9.62. The van der Waals surface area contributed by atoms with E-state index in [2.05, 4.69) is 5.32 Å². The van der Waals surface area contributed by atoms with Crippen molar-refractivity contribution in [3.05, 3.63) is 54.1 Å². The van der Waals surface area contributed by atoms with Gasteiger partial charge in [-0.05, 0) is 43.0 Å². The van der Waals surface area contributed by atoms with Gasteiger partial charge in [0, 0.05) is 31.3 Å². The van der Waals surface area contributed by atoms with Crippen LogP contribution in [0.15, 0.2) is 48.5 Å². The van der Waals surface area contributed by atoms with Gasteiger partial charge in [0.25, 0.3) is 5.91 Å². The van der Waals surface area contributed by atoms with Crippen LogP contribution >= 0.6 is 0 Å². The minimum Gasteiger partial charge on any atom is -0.497 e. The molecule has 29 heavy (non-hydrogen) atoms. The maximum absolute atomic E-state index is 12.5. The number of piperidine rings is 1. The number of methoxy groups -OCH3 is 2. The lowest BCUT2D eigenvalue weighted by Crippen LogP contribution is -2.42. The average Bonchev–Trinajstić information content (AvgIpc) is 2.78. The van der Waals surface area contributed by atoms with Gasteiger partial charge in [0.1, 0.15) is 17.2 Å². The smallest absolute Gasteiger partial charge is 0.415 e. The normalized spacial score (nSPS) is 14.2. The molecule has 7 heteroatoms. The third kappa shape index (κ3) is 5.63. The van der Waals surface area contributed by atoms with Crippen LogP contribution in [0.25, 0.3) is 0 Å². The number of para-hydroxylation sites is 1. The van der Waals surface area contributed by atoms with Crippen LogP contribution in [0.1, 0.15) is 23.2 Å². The van der Waals surface area contributed by atoms with Crippen molar-refractivity contribution in [3.8, 4) is 17.2 Å². The summed E-state index contributed by atoms with van der Waals surface area (Å²) in [5.41, 5.74) is 0.491. The monoisotopic (exact) mass is 398 g/mol. The Kier molecular flexibility index (Phi) is 6.94. The molecule has 1 heterocycles. The third-order valence-electron chi connectivity index (χ3n) is 4.99. The van der Waals surface area contributed by atoms with Crippen molar-refractivity contribution >= 4 is 12.0 Å². The van der Waals surface area contributed by atoms with Gasteiger partial charge in [-0.15, -0.1) is 0 Å². The van der Waals surface area contributed by atoms with Crippen LogP contribution in [0.2, 0.25) is 0 Å². The highest BCUT2D eigenvalue weighted by atomic mass is 16.6. The highest BCUT2D eigenvalue weighted by Gasteiger charge is 2.24. The lowest BCUT2D eigenvalue weighted by atomic mass is 9.97. The van der Waals surface area contributed by atoms with Gasteiger partial charge in [0.15, 0.2) is 0 Å². The van der Waals surface area contributed by atoms with E-state index >= 15 is 0 Å². The Labute approximate surface area is 170 Å². The Morgan fingerprint density at radius 2 is 1.59 bits per heavy atom. The molecule has 0 radical (unpaired) electrons. The number of nitrogens with zero attached hydrogens (tertiary/aromatic N) is 1. The molecular formula is C22H26N2O5. The number of carbonyl (C=O) groups is 2. The van der Waals surface area contributed by atoms with Crippen LogP contribution in [0.4, 0.5) is 4.79 Å². The van der Waals surface area contributed by atoms with Crippen LogP contribution < -0.4 is 19.5 Å². The third-order valence-corrected chi connectivity index (χ3v) is 4.99. The summed E-state index contributed by atoms with van der Waals surface area (Å²) < 4.78 is 15.8. The van der Waals surface area contributed by atoms with E-state index in [1.54, 1.807) is 49.5 Å². The van der Waals surface area contributed by atoms with E-state index in [0.29, 0.717) is 48.4 Å². The first-order chi connectivity index (χ1) is 14.1. The number of nitrogens with one attached hydrogen (secondary N) is 1. The molecule has 0 unspecified atom stereocenters. The second-order valence-corrected chi connectivity index (χ2v) is 6.92. The van der Waals surface area contributed by atoms with Gasteiger partial charge >= 0.3 is 6.09 Å². The topological polar surface area (TPSA) is 77.1 Å². The number of carbonyl (C=O) groups excluding carboxylic acids is 2. The van der Waals surface area contributed by atoms with E-state index in [9.17, 15) is 9.59 Å². The molecule has 3 rings (SSSR count). The highest BCUT2D eigenvalue weighted by molar-refractivity contribution is 5.95. The van der Waals surface area contributed by atoms with Gasteiger partial charge in [0.05, 0.1) is 14.2 Å². The first-order valence-corrected chi connectivity index (χ1v) is 9.62. The van der Waals surface area contributed by atoms with Crippen molar-refractivity contribution in [3.63, 3.8) is 0 Å². The molecule has 0 aromatic heterocycles. The molecule has 0 spiro atoms. The van der Waals surface area contributed by atoms with Crippen molar-refractivity contribution in [2.75, 3.05) is 33.9 Å². The van der Waals surface area contributed by atoms with E-state index in [-0.39, 0.29) is 12.0 Å². The van der Waals surface area contributed by atoms with E-state index in [4.69, 9.17) is 14.2 Å². The Morgan fingerprint density at radius 3 is 2.17 bits per heavy atom. The number of hydrogen-bond donors (Lipinski definition) is 1. The van der Waals surface area contributed by atoms with Crippen molar-refractivity contribution in [1.29, 1.82) is 0 Å². The summed E-state index contributed by atoms with van der Waals surface area (Å²) >= 11 is 0. The van der Waals surface area contributed by atoms with Crippen LogP contribution in [0, 0.1) is 5.92 Å². The first kappa shape index (κ1) is 20.5. The molecule has 2 aromatic rings. The van der Waals surface area contributed by atoms with Crippen molar-refractivity contribution in [1.82, 2.24) is 10.2 Å². The lowest BCUT2D eigenvalue weighted by Gasteiger charge is -2.31. The molecule has 0 aliphatic carbocycles. The van der Waals surface area contributed by atoms with Crippen molar-refractivity contribution in [2.45, 2.75) is 12.8 Å². The fourth-order valence-electron chi connectivity index (χ4n) is 3.25. The summed E-state index contributed by atoms with van der Waals surface area (Å²) in [5.74, 6) is 1.82. The molecule has 1 aliphatic heterocycles. The molecular weight excluding hydrogens is 372 g/mol. The second-order valence-electron chi connectivity index (χ2n) is 6.92. The van der Waals surface area contributed by atoms with Gasteiger partial charge < -0.3 is 24.4 Å². The predicted molar refractivity (Wildman–Crippen MR) is 109 cm³/mol. The number of benzene rings is 2. The Bertz CT molecular complexity index is 810. The lowest BCUT2D eigenvalue weighted by molar-refractivity contribution is 0.0930. The van der Waals surface area contributed by atoms with Crippen LogP contribution in [0.5, 0.6) is 17.2 Å². The molecule has 0 saturated carbocycles. The maximum atomic E-state index is 12.5. The van der Waals surface area contributed by atoms with Crippen LogP contribution in [0.3, 0.4) is 0 Å². The minimum atomic E-state index is -0.331. The Hall–Kier alpha value is -3.22. The van der Waals surface area contributed by atoms with Crippen molar-refractivity contribution in [2.24, 2.45) is 5.92 Å². The van der Waals surface area contributed by atoms with Crippen LogP contribution in [-0.4, -0.2) is 50.8 Å². The zero-order chi connectivity index (χ0) is 20.6. The molecule has 1 aliphatic rings. The zero-order valence-corrected chi connectivity index (χ0v) is 16.7. The number of amides is 2. The molecule has 2 amide bonds. The molecule has 0 atom stereocenters. The maximum Gasteiger partial charge on any atom is 0.415 e. The number of likely N-dealkylation sites (tertiary alicyclic amines) is 1.